The lowest BCUT2D eigenvalue weighted by Crippen LogP contribution is -2.64. The van der Waals surface area contributed by atoms with Crippen LogP contribution in [0, 0.1) is 13.8 Å². The third-order valence-corrected chi connectivity index (χ3v) is 5.34. The molecule has 7 heteroatoms. The van der Waals surface area contributed by atoms with Gasteiger partial charge in [-0.25, -0.2) is 0 Å². The summed E-state index contributed by atoms with van der Waals surface area (Å²) in [5.74, 6) is 2.29. The first-order valence-corrected chi connectivity index (χ1v) is 9.10. The van der Waals surface area contributed by atoms with Crippen LogP contribution in [0.25, 0.3) is 0 Å². The highest BCUT2D eigenvalue weighted by Gasteiger charge is 2.32. The Bertz CT molecular complexity index is 617. The zero-order valence-corrected chi connectivity index (χ0v) is 15.8. The third kappa shape index (κ3) is 4.16. The van der Waals surface area contributed by atoms with Crippen molar-refractivity contribution in [3.05, 3.63) is 23.2 Å². The molecule has 4 rings (SSSR count). The van der Waals surface area contributed by atoms with Crippen LogP contribution in [0.4, 0.5) is 0 Å². The number of piperazine rings is 3. The van der Waals surface area contributed by atoms with Gasteiger partial charge in [-0.3, -0.25) is 14.8 Å². The Kier molecular flexibility index (Phi) is 5.36. The molecule has 4 heterocycles. The van der Waals surface area contributed by atoms with E-state index in [4.69, 9.17) is 4.42 Å². The molecular formula is C18H31N5O2. The molecule has 25 heavy (non-hydrogen) atoms. The van der Waals surface area contributed by atoms with E-state index >= 15 is 0 Å². The van der Waals surface area contributed by atoms with E-state index in [1.807, 2.05) is 19.9 Å². The van der Waals surface area contributed by atoms with Gasteiger partial charge in [-0.05, 0) is 26.8 Å². The van der Waals surface area contributed by atoms with Crippen LogP contribution >= 0.6 is 0 Å². The quantitative estimate of drug-likeness (QED) is 0.523. The molecule has 0 saturated carbocycles. The molecule has 3 saturated heterocycles. The van der Waals surface area contributed by atoms with E-state index in [1.54, 1.807) is 14.0 Å². The van der Waals surface area contributed by atoms with Gasteiger partial charge in [-0.15, -0.1) is 0 Å². The Labute approximate surface area is 150 Å². The van der Waals surface area contributed by atoms with Crippen molar-refractivity contribution in [2.24, 2.45) is 4.99 Å². The molecule has 0 amide bonds. The van der Waals surface area contributed by atoms with Crippen molar-refractivity contribution in [2.45, 2.75) is 32.4 Å². The largest absolute Gasteiger partial charge is 0.466 e. The smallest absolute Gasteiger partial charge is 0.191 e. The molecule has 2 atom stereocenters. The second-order valence-electron chi connectivity index (χ2n) is 7.40. The van der Waals surface area contributed by atoms with Gasteiger partial charge in [0.2, 0.25) is 0 Å². The summed E-state index contributed by atoms with van der Waals surface area (Å²) >= 11 is 0. The maximum atomic E-state index is 10.8. The van der Waals surface area contributed by atoms with Crippen LogP contribution in [0.2, 0.25) is 0 Å². The number of furan rings is 1. The van der Waals surface area contributed by atoms with Crippen LogP contribution < -0.4 is 10.6 Å². The summed E-state index contributed by atoms with van der Waals surface area (Å²) < 4.78 is 5.55. The Morgan fingerprint density at radius 3 is 2.56 bits per heavy atom. The van der Waals surface area contributed by atoms with Crippen molar-refractivity contribution >= 4 is 5.96 Å². The molecule has 0 radical (unpaired) electrons. The van der Waals surface area contributed by atoms with Crippen molar-refractivity contribution < 1.29 is 9.52 Å². The summed E-state index contributed by atoms with van der Waals surface area (Å²) in [5.41, 5.74) is -0.199. The van der Waals surface area contributed by atoms with E-state index in [0.29, 0.717) is 12.6 Å². The van der Waals surface area contributed by atoms with Crippen molar-refractivity contribution in [3.8, 4) is 0 Å². The van der Waals surface area contributed by atoms with Crippen LogP contribution in [0.3, 0.4) is 0 Å². The summed E-state index contributed by atoms with van der Waals surface area (Å²) in [6.07, 6.45) is 0. The van der Waals surface area contributed by atoms with E-state index in [9.17, 15) is 5.11 Å². The fraction of sp³-hybridized carbons (Fsp3) is 0.722. The molecular weight excluding hydrogens is 318 g/mol. The van der Waals surface area contributed by atoms with Crippen LogP contribution in [-0.2, 0) is 5.60 Å². The van der Waals surface area contributed by atoms with Gasteiger partial charge in [0.15, 0.2) is 5.96 Å². The average Bonchev–Trinajstić information content (AvgIpc) is 2.95. The molecule has 0 aromatic carbocycles. The van der Waals surface area contributed by atoms with Crippen LogP contribution in [0.15, 0.2) is 15.5 Å². The highest BCUT2D eigenvalue weighted by atomic mass is 16.3. The maximum Gasteiger partial charge on any atom is 0.191 e. The number of nitrogens with one attached hydrogen (secondary N) is 2. The van der Waals surface area contributed by atoms with Gasteiger partial charge in [-0.2, -0.15) is 0 Å². The number of nitrogens with zero attached hydrogens (tertiary/aromatic N) is 3. The highest BCUT2D eigenvalue weighted by Crippen LogP contribution is 2.26. The molecule has 3 fully saturated rings. The zero-order chi connectivity index (χ0) is 18.0. The van der Waals surface area contributed by atoms with Crippen LogP contribution in [-0.4, -0.2) is 79.8 Å². The standard InChI is InChI=1S/C18H31N5O2/c1-13-9-16(14(2)25-13)18(3,24)12-21-17(19-4)20-10-15-11-22-5-7-23(15)8-6-22/h9,15,24H,5-8,10-12H2,1-4H3,(H2,19,20,21). The van der Waals surface area contributed by atoms with Crippen molar-refractivity contribution in [2.75, 3.05) is 52.9 Å². The Hall–Kier alpha value is -1.57. The molecule has 0 aliphatic carbocycles. The van der Waals surface area contributed by atoms with Gasteiger partial charge in [0, 0.05) is 57.9 Å². The maximum absolute atomic E-state index is 10.8. The van der Waals surface area contributed by atoms with Gasteiger partial charge in [0.05, 0.1) is 6.54 Å². The predicted molar refractivity (Wildman–Crippen MR) is 98.9 cm³/mol. The van der Waals surface area contributed by atoms with Gasteiger partial charge in [0.1, 0.15) is 17.1 Å². The second kappa shape index (κ2) is 7.35. The van der Waals surface area contributed by atoms with Crippen LogP contribution in [0.1, 0.15) is 24.0 Å². The fourth-order valence-corrected chi connectivity index (χ4v) is 3.87. The SMILES string of the molecule is CN=C(NCC1CN2CCN1CC2)NCC(C)(O)c1cc(C)oc1C. The van der Waals surface area contributed by atoms with E-state index in [2.05, 4.69) is 25.4 Å². The van der Waals surface area contributed by atoms with Gasteiger partial charge in [0.25, 0.3) is 0 Å². The molecule has 3 aliphatic rings. The topological polar surface area (TPSA) is 76.3 Å². The number of aliphatic imine (C=N–C) groups is 1. The van der Waals surface area contributed by atoms with Gasteiger partial charge < -0.3 is 20.2 Å². The Morgan fingerprint density at radius 1 is 1.32 bits per heavy atom. The number of aliphatic hydroxyl groups is 1. The summed E-state index contributed by atoms with van der Waals surface area (Å²) in [7, 11) is 1.76. The first kappa shape index (κ1) is 18.2. The summed E-state index contributed by atoms with van der Waals surface area (Å²) in [4.78, 5) is 9.36. The van der Waals surface area contributed by atoms with Gasteiger partial charge >= 0.3 is 0 Å². The van der Waals surface area contributed by atoms with Crippen molar-refractivity contribution in [1.29, 1.82) is 0 Å². The molecule has 140 valence electrons. The Morgan fingerprint density at radius 2 is 2.04 bits per heavy atom. The first-order valence-electron chi connectivity index (χ1n) is 9.10. The normalized spacial score (nSPS) is 28.7. The van der Waals surface area contributed by atoms with E-state index in [0.717, 1.165) is 49.2 Å². The molecule has 1 aromatic heterocycles. The Balaban J connectivity index is 1.51. The number of aryl methyl sites for hydroxylation is 2. The summed E-state index contributed by atoms with van der Waals surface area (Å²) in [6.45, 7) is 12.6. The lowest BCUT2D eigenvalue weighted by atomic mass is 9.96. The van der Waals surface area contributed by atoms with E-state index in [1.165, 1.54) is 13.1 Å². The first-order chi connectivity index (χ1) is 11.9. The molecule has 3 aliphatic heterocycles. The predicted octanol–water partition coefficient (Wildman–Crippen LogP) is 0.269. The minimum atomic E-state index is -1.02. The number of hydrogen-bond acceptors (Lipinski definition) is 5. The van der Waals surface area contributed by atoms with Crippen molar-refractivity contribution in [3.63, 3.8) is 0 Å². The monoisotopic (exact) mass is 349 g/mol. The molecule has 7 nitrogen and oxygen atoms in total. The third-order valence-electron chi connectivity index (χ3n) is 5.34. The summed E-state index contributed by atoms with van der Waals surface area (Å²) in [6, 6.07) is 2.42. The molecule has 2 bridgehead atoms. The number of hydrogen-bond donors (Lipinski definition) is 3. The number of fused-ring (bicyclic) bond motifs is 3. The van der Waals surface area contributed by atoms with E-state index < -0.39 is 5.60 Å². The zero-order valence-electron chi connectivity index (χ0n) is 15.8. The average molecular weight is 349 g/mol. The minimum Gasteiger partial charge on any atom is -0.466 e. The molecule has 1 aromatic rings. The van der Waals surface area contributed by atoms with Gasteiger partial charge in [-0.1, -0.05) is 0 Å². The highest BCUT2D eigenvalue weighted by molar-refractivity contribution is 5.79. The number of guanidine groups is 1. The van der Waals surface area contributed by atoms with Crippen LogP contribution in [0.5, 0.6) is 0 Å². The van der Waals surface area contributed by atoms with E-state index in [-0.39, 0.29) is 0 Å². The van der Waals surface area contributed by atoms with Crippen molar-refractivity contribution in [1.82, 2.24) is 20.4 Å². The number of rotatable bonds is 5. The lowest BCUT2D eigenvalue weighted by molar-refractivity contribution is 0.0153. The lowest BCUT2D eigenvalue weighted by Gasteiger charge is -2.47. The molecule has 3 N–H and O–H groups in total. The fourth-order valence-electron chi connectivity index (χ4n) is 3.87. The molecule has 2 unspecified atom stereocenters. The minimum absolute atomic E-state index is 0.368. The summed E-state index contributed by atoms with van der Waals surface area (Å²) in [5, 5.41) is 17.5. The second-order valence-corrected chi connectivity index (χ2v) is 7.40. The molecule has 0 spiro atoms.